The average Bonchev–Trinajstić information content (AvgIpc) is 3.63. The van der Waals surface area contributed by atoms with Gasteiger partial charge in [0.15, 0.2) is 0 Å². The van der Waals surface area contributed by atoms with Crippen molar-refractivity contribution in [3.05, 3.63) is 212 Å². The van der Waals surface area contributed by atoms with Gasteiger partial charge in [-0.3, -0.25) is 0 Å². The lowest BCUT2D eigenvalue weighted by molar-refractivity contribution is 1.28. The van der Waals surface area contributed by atoms with E-state index >= 15 is 0 Å². The Hall–Kier alpha value is -7.00. The summed E-state index contributed by atoms with van der Waals surface area (Å²) in [7, 11) is 0. The Morgan fingerprint density at radius 1 is 0.286 bits per heavy atom. The summed E-state index contributed by atoms with van der Waals surface area (Å²) in [6, 6.07) is 77.7. The van der Waals surface area contributed by atoms with Gasteiger partial charge in [0.05, 0.1) is 0 Å². The molecule has 10 aromatic carbocycles. The van der Waals surface area contributed by atoms with Crippen LogP contribution in [0.1, 0.15) is 0 Å². The molecule has 0 fully saturated rings. The molecule has 0 aliphatic carbocycles. The van der Waals surface area contributed by atoms with Crippen molar-refractivity contribution in [2.75, 3.05) is 4.90 Å². The van der Waals surface area contributed by atoms with Crippen LogP contribution in [0, 0.1) is 0 Å². The molecule has 56 heavy (non-hydrogen) atoms. The number of thiophene rings is 1. The molecule has 0 saturated carbocycles. The zero-order valence-electron chi connectivity index (χ0n) is 30.6. The SMILES string of the molecule is c1cc(-c2cccc3ccccc23)cc(N(c2ccc(-c3cccc4ccccc34)cc2)c2ccc(-c3cccc4c3sc3cc5ccccc5cc34)cc2)c1. The van der Waals surface area contributed by atoms with Gasteiger partial charge in [-0.2, -0.15) is 0 Å². The Bertz CT molecular complexity index is 3230. The van der Waals surface area contributed by atoms with Gasteiger partial charge >= 0.3 is 0 Å². The molecule has 0 aliphatic heterocycles. The van der Waals surface area contributed by atoms with Gasteiger partial charge in [0, 0.05) is 37.2 Å². The molecule has 0 amide bonds. The summed E-state index contributed by atoms with van der Waals surface area (Å²) in [5, 5.41) is 10.2. The summed E-state index contributed by atoms with van der Waals surface area (Å²) >= 11 is 1.89. The molecule has 2 heteroatoms. The predicted octanol–water partition coefficient (Wildman–Crippen LogP) is 16.0. The molecule has 0 unspecified atom stereocenters. The second kappa shape index (κ2) is 13.4. The van der Waals surface area contributed by atoms with E-state index in [0.717, 1.165) is 17.1 Å². The maximum absolute atomic E-state index is 2.39. The van der Waals surface area contributed by atoms with Crippen molar-refractivity contribution in [2.24, 2.45) is 0 Å². The van der Waals surface area contributed by atoms with Gasteiger partial charge in [-0.1, -0.05) is 164 Å². The minimum atomic E-state index is 1.11. The summed E-state index contributed by atoms with van der Waals surface area (Å²) in [6.45, 7) is 0. The molecule has 1 aromatic heterocycles. The molecule has 1 nitrogen and oxygen atoms in total. The fourth-order valence-corrected chi connectivity index (χ4v) is 9.77. The van der Waals surface area contributed by atoms with Crippen LogP contribution in [0.4, 0.5) is 17.1 Å². The molecule has 11 rings (SSSR count). The Morgan fingerprint density at radius 3 is 1.43 bits per heavy atom. The zero-order chi connectivity index (χ0) is 37.0. The van der Waals surface area contributed by atoms with Crippen molar-refractivity contribution in [2.45, 2.75) is 0 Å². The van der Waals surface area contributed by atoms with E-state index in [2.05, 4.69) is 217 Å². The highest BCUT2D eigenvalue weighted by Gasteiger charge is 2.17. The summed E-state index contributed by atoms with van der Waals surface area (Å²) in [5.41, 5.74) is 10.7. The summed E-state index contributed by atoms with van der Waals surface area (Å²) in [4.78, 5) is 2.39. The molecule has 0 atom stereocenters. The minimum Gasteiger partial charge on any atom is -0.310 e. The Kier molecular flexibility index (Phi) is 7.75. The smallest absolute Gasteiger partial charge is 0.0467 e. The molecule has 0 N–H and O–H groups in total. The molecule has 0 spiro atoms. The maximum Gasteiger partial charge on any atom is 0.0467 e. The normalized spacial score (nSPS) is 11.6. The first-order chi connectivity index (χ1) is 27.7. The molecule has 1 heterocycles. The fourth-order valence-electron chi connectivity index (χ4n) is 8.50. The highest BCUT2D eigenvalue weighted by Crippen LogP contribution is 2.43. The van der Waals surface area contributed by atoms with Gasteiger partial charge in [-0.15, -0.1) is 11.3 Å². The van der Waals surface area contributed by atoms with Crippen LogP contribution >= 0.6 is 11.3 Å². The van der Waals surface area contributed by atoms with E-state index in [1.165, 1.54) is 85.9 Å². The van der Waals surface area contributed by atoms with E-state index in [1.807, 2.05) is 11.3 Å². The highest BCUT2D eigenvalue weighted by atomic mass is 32.1. The third kappa shape index (κ3) is 5.54. The van der Waals surface area contributed by atoms with Gasteiger partial charge < -0.3 is 4.90 Å². The molecular formula is C54H35NS. The van der Waals surface area contributed by atoms with Crippen LogP contribution in [-0.4, -0.2) is 0 Å². The van der Waals surface area contributed by atoms with Crippen LogP contribution in [0.3, 0.4) is 0 Å². The van der Waals surface area contributed by atoms with E-state index < -0.39 is 0 Å². The van der Waals surface area contributed by atoms with Crippen molar-refractivity contribution in [1.82, 2.24) is 0 Å². The molecule has 0 bridgehead atoms. The molecule has 262 valence electrons. The number of benzene rings is 10. The van der Waals surface area contributed by atoms with E-state index in [1.54, 1.807) is 0 Å². The standard InChI is InChI=1S/C54H35NS/c1-2-14-41-35-53-52(34-40(41)13-1)51-24-10-23-50(54(51)56-53)39-27-31-44(32-28-39)55(43-29-25-38(26-30-43)48-21-8-15-36-11-3-5-19-46(36)48)45-18-7-17-42(33-45)49-22-9-16-37-12-4-6-20-47(37)49/h1-35H. The minimum absolute atomic E-state index is 1.11. The summed E-state index contributed by atoms with van der Waals surface area (Å²) in [5.74, 6) is 0. The molecular weight excluding hydrogens is 695 g/mol. The van der Waals surface area contributed by atoms with Crippen molar-refractivity contribution >= 4 is 80.9 Å². The number of anilines is 3. The van der Waals surface area contributed by atoms with Crippen LogP contribution in [0.15, 0.2) is 212 Å². The molecule has 11 aromatic rings. The highest BCUT2D eigenvalue weighted by molar-refractivity contribution is 7.26. The largest absolute Gasteiger partial charge is 0.310 e. The first-order valence-electron chi connectivity index (χ1n) is 19.2. The summed E-state index contributed by atoms with van der Waals surface area (Å²) < 4.78 is 2.65. The van der Waals surface area contributed by atoms with Crippen molar-refractivity contribution < 1.29 is 0 Å². The Balaban J connectivity index is 1.03. The second-order valence-corrected chi connectivity index (χ2v) is 15.6. The quantitative estimate of drug-likeness (QED) is 0.165. The predicted molar refractivity (Wildman–Crippen MR) is 243 cm³/mol. The second-order valence-electron chi connectivity index (χ2n) is 14.5. The van der Waals surface area contributed by atoms with E-state index in [-0.39, 0.29) is 0 Å². The van der Waals surface area contributed by atoms with Crippen LogP contribution in [0.5, 0.6) is 0 Å². The Labute approximate surface area is 330 Å². The lowest BCUT2D eigenvalue weighted by Crippen LogP contribution is -2.10. The van der Waals surface area contributed by atoms with Gasteiger partial charge in [0.2, 0.25) is 0 Å². The van der Waals surface area contributed by atoms with Gasteiger partial charge in [-0.25, -0.2) is 0 Å². The number of hydrogen-bond acceptors (Lipinski definition) is 2. The van der Waals surface area contributed by atoms with Crippen molar-refractivity contribution in [3.63, 3.8) is 0 Å². The topological polar surface area (TPSA) is 3.24 Å². The molecule has 0 saturated heterocycles. The number of rotatable bonds is 6. The monoisotopic (exact) mass is 729 g/mol. The number of nitrogens with zero attached hydrogens (tertiary/aromatic N) is 1. The number of fused-ring (bicyclic) bond motifs is 6. The third-order valence-electron chi connectivity index (χ3n) is 11.2. The van der Waals surface area contributed by atoms with Gasteiger partial charge in [-0.05, 0) is 114 Å². The van der Waals surface area contributed by atoms with E-state index in [0.29, 0.717) is 0 Å². The van der Waals surface area contributed by atoms with Crippen LogP contribution in [-0.2, 0) is 0 Å². The van der Waals surface area contributed by atoms with Crippen molar-refractivity contribution in [1.29, 1.82) is 0 Å². The lowest BCUT2D eigenvalue weighted by atomic mass is 9.97. The fraction of sp³-hybridized carbons (Fsp3) is 0. The third-order valence-corrected chi connectivity index (χ3v) is 12.4. The van der Waals surface area contributed by atoms with Gasteiger partial charge in [0.25, 0.3) is 0 Å². The Morgan fingerprint density at radius 2 is 0.768 bits per heavy atom. The van der Waals surface area contributed by atoms with Crippen LogP contribution in [0.2, 0.25) is 0 Å². The molecule has 0 aliphatic rings. The summed E-state index contributed by atoms with van der Waals surface area (Å²) in [6.07, 6.45) is 0. The first-order valence-corrected chi connectivity index (χ1v) is 20.0. The van der Waals surface area contributed by atoms with E-state index in [4.69, 9.17) is 0 Å². The average molecular weight is 730 g/mol. The molecule has 0 radical (unpaired) electrons. The number of hydrogen-bond donors (Lipinski definition) is 0. The lowest BCUT2D eigenvalue weighted by Gasteiger charge is -2.26. The maximum atomic E-state index is 2.39. The van der Waals surface area contributed by atoms with Crippen molar-refractivity contribution in [3.8, 4) is 33.4 Å². The zero-order valence-corrected chi connectivity index (χ0v) is 31.4. The van der Waals surface area contributed by atoms with E-state index in [9.17, 15) is 0 Å². The first kappa shape index (κ1) is 32.4. The van der Waals surface area contributed by atoms with Crippen LogP contribution in [0.25, 0.3) is 85.9 Å². The van der Waals surface area contributed by atoms with Crippen LogP contribution < -0.4 is 4.90 Å². The van der Waals surface area contributed by atoms with Gasteiger partial charge in [0.1, 0.15) is 0 Å².